The van der Waals surface area contributed by atoms with Gasteiger partial charge in [-0.05, 0) is 24.3 Å². The molecule has 0 spiro atoms. The van der Waals surface area contributed by atoms with E-state index in [0.717, 1.165) is 6.42 Å². The monoisotopic (exact) mass is 417 g/mol. The van der Waals surface area contributed by atoms with Crippen LogP contribution in [-0.4, -0.2) is 52.1 Å². The number of piperazine rings is 1. The van der Waals surface area contributed by atoms with Crippen molar-refractivity contribution >= 4 is 15.7 Å². The molecule has 9 heteroatoms. The summed E-state index contributed by atoms with van der Waals surface area (Å²) in [7, 11) is -3.70. The quantitative estimate of drug-likeness (QED) is 0.763. The van der Waals surface area contributed by atoms with Crippen molar-refractivity contribution < 1.29 is 22.3 Å². The molecule has 0 aromatic heterocycles. The first kappa shape index (κ1) is 19.5. The van der Waals surface area contributed by atoms with Gasteiger partial charge in [-0.3, -0.25) is 0 Å². The molecule has 2 heterocycles. The summed E-state index contributed by atoms with van der Waals surface area (Å²) in [6.45, 7) is 2.20. The Morgan fingerprint density at radius 1 is 1.00 bits per heavy atom. The summed E-state index contributed by atoms with van der Waals surface area (Å²) in [6, 6.07) is 11.0. The highest BCUT2D eigenvalue weighted by Gasteiger charge is 2.30. The van der Waals surface area contributed by atoms with Crippen molar-refractivity contribution in [3.05, 3.63) is 47.8 Å². The van der Waals surface area contributed by atoms with Gasteiger partial charge in [-0.2, -0.15) is 9.57 Å². The number of fused-ring (bicyclic) bond motifs is 1. The van der Waals surface area contributed by atoms with E-state index in [4.69, 9.17) is 9.47 Å². The molecule has 0 unspecified atom stereocenters. The lowest BCUT2D eigenvalue weighted by molar-refractivity contribution is 0.296. The van der Waals surface area contributed by atoms with Gasteiger partial charge in [-0.25, -0.2) is 12.8 Å². The second kappa shape index (κ2) is 7.89. The fourth-order valence-electron chi connectivity index (χ4n) is 3.51. The number of anilines is 1. The molecule has 7 nitrogen and oxygen atoms in total. The minimum Gasteiger partial charge on any atom is -0.490 e. The Morgan fingerprint density at radius 3 is 2.45 bits per heavy atom. The standard InChI is InChI=1S/C20H20FN3O4S/c21-17-3-1-4-18(16(17)14-22)23-7-9-24(10-8-23)29(25,26)15-5-6-19-20(13-15)28-12-2-11-27-19/h1,3-6,13H,2,7-12H2. The molecule has 2 aromatic carbocycles. The van der Waals surface area contributed by atoms with Crippen LogP contribution in [0.1, 0.15) is 12.0 Å². The third-order valence-electron chi connectivity index (χ3n) is 5.04. The van der Waals surface area contributed by atoms with Gasteiger partial charge in [0.05, 0.1) is 23.8 Å². The third-order valence-corrected chi connectivity index (χ3v) is 6.93. The summed E-state index contributed by atoms with van der Waals surface area (Å²) in [6.07, 6.45) is 0.740. The Kier molecular flexibility index (Phi) is 5.30. The van der Waals surface area contributed by atoms with Crippen molar-refractivity contribution in [2.75, 3.05) is 44.3 Å². The summed E-state index contributed by atoms with van der Waals surface area (Å²) in [5.41, 5.74) is 0.465. The second-order valence-corrected chi connectivity index (χ2v) is 8.73. The summed E-state index contributed by atoms with van der Waals surface area (Å²) in [5, 5.41) is 9.23. The molecular formula is C20H20FN3O4S. The number of hydrogen-bond donors (Lipinski definition) is 0. The molecule has 1 saturated heterocycles. The normalized spacial score (nSPS) is 17.4. The zero-order valence-electron chi connectivity index (χ0n) is 15.7. The lowest BCUT2D eigenvalue weighted by Gasteiger charge is -2.35. The van der Waals surface area contributed by atoms with Gasteiger partial charge in [-0.15, -0.1) is 0 Å². The van der Waals surface area contributed by atoms with Gasteiger partial charge in [0.2, 0.25) is 10.0 Å². The van der Waals surface area contributed by atoms with Crippen LogP contribution in [-0.2, 0) is 10.0 Å². The van der Waals surface area contributed by atoms with Gasteiger partial charge < -0.3 is 14.4 Å². The number of nitriles is 1. The average molecular weight is 417 g/mol. The summed E-state index contributed by atoms with van der Waals surface area (Å²) in [4.78, 5) is 1.99. The Balaban J connectivity index is 1.52. The van der Waals surface area contributed by atoms with Gasteiger partial charge in [-0.1, -0.05) is 6.07 Å². The fraction of sp³-hybridized carbons (Fsp3) is 0.350. The van der Waals surface area contributed by atoms with Crippen LogP contribution in [0.25, 0.3) is 0 Å². The van der Waals surface area contributed by atoms with Crippen LogP contribution in [0, 0.1) is 17.1 Å². The second-order valence-electron chi connectivity index (χ2n) is 6.80. The number of ether oxygens (including phenoxy) is 2. The highest BCUT2D eigenvalue weighted by atomic mass is 32.2. The first-order valence-electron chi connectivity index (χ1n) is 9.34. The molecule has 2 aliphatic heterocycles. The molecule has 0 saturated carbocycles. The number of hydrogen-bond acceptors (Lipinski definition) is 6. The van der Waals surface area contributed by atoms with Crippen LogP contribution in [0.5, 0.6) is 11.5 Å². The van der Waals surface area contributed by atoms with E-state index < -0.39 is 15.8 Å². The van der Waals surface area contributed by atoms with Crippen LogP contribution in [0.2, 0.25) is 0 Å². The maximum absolute atomic E-state index is 13.9. The van der Waals surface area contributed by atoms with E-state index in [1.54, 1.807) is 18.2 Å². The molecule has 152 valence electrons. The van der Waals surface area contributed by atoms with Crippen molar-refractivity contribution in [3.63, 3.8) is 0 Å². The van der Waals surface area contributed by atoms with Gasteiger partial charge in [0, 0.05) is 38.7 Å². The molecule has 1 fully saturated rings. The largest absolute Gasteiger partial charge is 0.490 e. The van der Waals surface area contributed by atoms with Crippen molar-refractivity contribution in [2.24, 2.45) is 0 Å². The Labute approximate surface area is 168 Å². The van der Waals surface area contributed by atoms with E-state index >= 15 is 0 Å². The minimum absolute atomic E-state index is 0.0216. The topological polar surface area (TPSA) is 82.9 Å². The Morgan fingerprint density at radius 2 is 1.72 bits per heavy atom. The van der Waals surface area contributed by atoms with Gasteiger partial charge in [0.25, 0.3) is 0 Å². The summed E-state index contributed by atoms with van der Waals surface area (Å²) < 4.78 is 52.6. The number of sulfonamides is 1. The van der Waals surface area contributed by atoms with Gasteiger partial charge >= 0.3 is 0 Å². The van der Waals surface area contributed by atoms with E-state index in [2.05, 4.69) is 0 Å². The Hall–Kier alpha value is -2.83. The zero-order chi connectivity index (χ0) is 20.4. The lowest BCUT2D eigenvalue weighted by atomic mass is 10.1. The van der Waals surface area contributed by atoms with Crippen LogP contribution >= 0.6 is 0 Å². The maximum atomic E-state index is 13.9. The summed E-state index contributed by atoms with van der Waals surface area (Å²) in [5.74, 6) is 0.397. The fourth-order valence-corrected chi connectivity index (χ4v) is 4.95. The maximum Gasteiger partial charge on any atom is 0.243 e. The first-order chi connectivity index (χ1) is 14.0. The van der Waals surface area contributed by atoms with Crippen molar-refractivity contribution in [1.29, 1.82) is 5.26 Å². The Bertz CT molecular complexity index is 1060. The molecule has 0 N–H and O–H groups in total. The van der Waals surface area contributed by atoms with E-state index in [9.17, 15) is 18.1 Å². The van der Waals surface area contributed by atoms with Gasteiger partial charge in [0.15, 0.2) is 11.5 Å². The van der Waals surface area contributed by atoms with Crippen LogP contribution in [0.15, 0.2) is 41.3 Å². The molecule has 0 aliphatic carbocycles. The molecule has 0 radical (unpaired) electrons. The molecule has 0 atom stereocenters. The van der Waals surface area contributed by atoms with Crippen molar-refractivity contribution in [3.8, 4) is 17.6 Å². The predicted octanol–water partition coefficient (Wildman–Crippen LogP) is 2.37. The number of rotatable bonds is 3. The predicted molar refractivity (Wildman–Crippen MR) is 104 cm³/mol. The van der Waals surface area contributed by atoms with Gasteiger partial charge in [0.1, 0.15) is 17.4 Å². The van der Waals surface area contributed by atoms with Crippen LogP contribution < -0.4 is 14.4 Å². The molecule has 2 aromatic rings. The number of halogens is 1. The molecule has 2 aliphatic rings. The SMILES string of the molecule is N#Cc1c(F)cccc1N1CCN(S(=O)(=O)c2ccc3c(c2)OCCCO3)CC1. The molecule has 0 bridgehead atoms. The number of nitrogens with zero attached hydrogens (tertiary/aromatic N) is 3. The third kappa shape index (κ3) is 3.73. The molecule has 4 rings (SSSR count). The average Bonchev–Trinajstić information content (AvgIpc) is 2.98. The molecule has 29 heavy (non-hydrogen) atoms. The highest BCUT2D eigenvalue weighted by molar-refractivity contribution is 7.89. The smallest absolute Gasteiger partial charge is 0.243 e. The minimum atomic E-state index is -3.70. The van der Waals surface area contributed by atoms with Crippen molar-refractivity contribution in [1.82, 2.24) is 4.31 Å². The first-order valence-corrected chi connectivity index (χ1v) is 10.8. The highest BCUT2D eigenvalue weighted by Crippen LogP contribution is 2.33. The van der Waals surface area contributed by atoms with E-state index in [1.807, 2.05) is 11.0 Å². The van der Waals surface area contributed by atoms with Crippen LogP contribution in [0.3, 0.4) is 0 Å². The van der Waals surface area contributed by atoms with E-state index in [1.165, 1.54) is 22.5 Å². The summed E-state index contributed by atoms with van der Waals surface area (Å²) >= 11 is 0. The zero-order valence-corrected chi connectivity index (χ0v) is 16.5. The molecular weight excluding hydrogens is 397 g/mol. The number of benzene rings is 2. The van der Waals surface area contributed by atoms with Crippen LogP contribution in [0.4, 0.5) is 10.1 Å². The molecule has 0 amide bonds. The van der Waals surface area contributed by atoms with E-state index in [0.29, 0.717) is 43.5 Å². The lowest BCUT2D eigenvalue weighted by Crippen LogP contribution is -2.48. The van der Waals surface area contributed by atoms with E-state index in [-0.39, 0.29) is 23.5 Å². The van der Waals surface area contributed by atoms with Crippen molar-refractivity contribution in [2.45, 2.75) is 11.3 Å².